The summed E-state index contributed by atoms with van der Waals surface area (Å²) in [6, 6.07) is 0.313. The number of carbonyl (C=O) groups excluding carboxylic acids is 2. The van der Waals surface area contributed by atoms with E-state index in [1.54, 1.807) is 0 Å². The predicted molar refractivity (Wildman–Crippen MR) is 90.7 cm³/mol. The molecule has 0 aromatic heterocycles. The molecule has 4 atom stereocenters. The van der Waals surface area contributed by atoms with Crippen molar-refractivity contribution in [3.05, 3.63) is 0 Å². The number of likely N-dealkylation sites (tertiary alicyclic amines) is 1. The van der Waals surface area contributed by atoms with E-state index in [1.807, 2.05) is 18.7 Å². The van der Waals surface area contributed by atoms with Crippen molar-refractivity contribution in [3.8, 4) is 0 Å². The molecule has 3 fully saturated rings. The Morgan fingerprint density at radius 2 is 1.70 bits per heavy atom. The minimum absolute atomic E-state index is 0.0539. The standard InChI is InChI=1S/C19H32N2O2/c1-12(2)19(23)21-8-6-15(7-9-21)18(22)20-13(3)17-11-14-4-5-16(17)10-14/h12-17H,4-11H2,1-3H3,(H,20,22). The minimum atomic E-state index is 0.0539. The van der Waals surface area contributed by atoms with Gasteiger partial charge in [0.2, 0.25) is 11.8 Å². The van der Waals surface area contributed by atoms with E-state index >= 15 is 0 Å². The average molecular weight is 320 g/mol. The number of hydrogen-bond donors (Lipinski definition) is 1. The summed E-state index contributed by atoms with van der Waals surface area (Å²) in [7, 11) is 0. The van der Waals surface area contributed by atoms with Crippen LogP contribution in [0.1, 0.15) is 59.3 Å². The van der Waals surface area contributed by atoms with Crippen LogP contribution in [0.2, 0.25) is 0 Å². The molecule has 130 valence electrons. The first kappa shape index (κ1) is 16.8. The van der Waals surface area contributed by atoms with E-state index in [2.05, 4.69) is 12.2 Å². The lowest BCUT2D eigenvalue weighted by Gasteiger charge is -2.34. The zero-order chi connectivity index (χ0) is 16.6. The molecule has 2 bridgehead atoms. The molecule has 23 heavy (non-hydrogen) atoms. The van der Waals surface area contributed by atoms with Gasteiger partial charge in [0.1, 0.15) is 0 Å². The highest BCUT2D eigenvalue weighted by atomic mass is 16.2. The van der Waals surface area contributed by atoms with Crippen LogP contribution >= 0.6 is 0 Å². The molecule has 2 aliphatic carbocycles. The van der Waals surface area contributed by atoms with Crippen LogP contribution in [-0.2, 0) is 9.59 Å². The monoisotopic (exact) mass is 320 g/mol. The minimum Gasteiger partial charge on any atom is -0.353 e. The maximum absolute atomic E-state index is 12.6. The fraction of sp³-hybridized carbons (Fsp3) is 0.895. The number of rotatable bonds is 4. The van der Waals surface area contributed by atoms with Gasteiger partial charge in [0, 0.05) is 31.0 Å². The van der Waals surface area contributed by atoms with Crippen LogP contribution in [0.4, 0.5) is 0 Å². The van der Waals surface area contributed by atoms with E-state index < -0.39 is 0 Å². The summed E-state index contributed by atoms with van der Waals surface area (Å²) in [4.78, 5) is 26.5. The van der Waals surface area contributed by atoms with Gasteiger partial charge in [-0.25, -0.2) is 0 Å². The van der Waals surface area contributed by atoms with Gasteiger partial charge in [-0.2, -0.15) is 0 Å². The topological polar surface area (TPSA) is 49.4 Å². The smallest absolute Gasteiger partial charge is 0.225 e. The Morgan fingerprint density at radius 1 is 1.00 bits per heavy atom. The third-order valence-electron chi connectivity index (χ3n) is 6.48. The summed E-state index contributed by atoms with van der Waals surface area (Å²) in [5.74, 6) is 3.05. The SMILES string of the molecule is CC(C)C(=O)N1CCC(C(=O)NC(C)C2CC3CCC2C3)CC1. The van der Waals surface area contributed by atoms with Crippen LogP contribution in [0.15, 0.2) is 0 Å². The van der Waals surface area contributed by atoms with E-state index in [4.69, 9.17) is 0 Å². The fourth-order valence-electron chi connectivity index (χ4n) is 5.08. The van der Waals surface area contributed by atoms with Gasteiger partial charge in [0.25, 0.3) is 0 Å². The van der Waals surface area contributed by atoms with Crippen LogP contribution in [0.5, 0.6) is 0 Å². The van der Waals surface area contributed by atoms with Gasteiger partial charge in [0.05, 0.1) is 0 Å². The Hall–Kier alpha value is -1.06. The number of carbonyl (C=O) groups is 2. The van der Waals surface area contributed by atoms with E-state index in [9.17, 15) is 9.59 Å². The molecule has 0 radical (unpaired) electrons. The number of amides is 2. The summed E-state index contributed by atoms with van der Waals surface area (Å²) >= 11 is 0. The summed E-state index contributed by atoms with van der Waals surface area (Å²) in [6.45, 7) is 7.55. The van der Waals surface area contributed by atoms with Crippen molar-refractivity contribution >= 4 is 11.8 Å². The third kappa shape index (κ3) is 3.56. The summed E-state index contributed by atoms with van der Waals surface area (Å²) in [5.41, 5.74) is 0. The second-order valence-electron chi connectivity index (χ2n) is 8.39. The van der Waals surface area contributed by atoms with Crippen LogP contribution in [0.3, 0.4) is 0 Å². The van der Waals surface area contributed by atoms with Crippen LogP contribution in [-0.4, -0.2) is 35.8 Å². The Kier molecular flexibility index (Phi) is 4.98. The van der Waals surface area contributed by atoms with Crippen molar-refractivity contribution in [1.29, 1.82) is 0 Å². The van der Waals surface area contributed by atoms with Gasteiger partial charge in [-0.15, -0.1) is 0 Å². The van der Waals surface area contributed by atoms with Crippen molar-refractivity contribution in [1.82, 2.24) is 10.2 Å². The fourth-order valence-corrected chi connectivity index (χ4v) is 5.08. The molecule has 0 aromatic rings. The van der Waals surface area contributed by atoms with Crippen LogP contribution in [0, 0.1) is 29.6 Å². The molecule has 4 unspecified atom stereocenters. The Labute approximate surface area is 140 Å². The van der Waals surface area contributed by atoms with Crippen molar-refractivity contribution < 1.29 is 9.59 Å². The maximum atomic E-state index is 12.6. The molecular weight excluding hydrogens is 288 g/mol. The molecule has 4 nitrogen and oxygen atoms in total. The van der Waals surface area contributed by atoms with E-state index in [-0.39, 0.29) is 23.7 Å². The van der Waals surface area contributed by atoms with Gasteiger partial charge in [0.15, 0.2) is 0 Å². The number of piperidine rings is 1. The van der Waals surface area contributed by atoms with E-state index in [0.717, 1.165) is 37.8 Å². The number of fused-ring (bicyclic) bond motifs is 2. The number of nitrogens with zero attached hydrogens (tertiary/aromatic N) is 1. The first-order valence-corrected chi connectivity index (χ1v) is 9.55. The summed E-state index contributed by atoms with van der Waals surface area (Å²) < 4.78 is 0. The normalized spacial score (nSPS) is 32.3. The van der Waals surface area contributed by atoms with Crippen molar-refractivity contribution in [2.24, 2.45) is 29.6 Å². The largest absolute Gasteiger partial charge is 0.353 e. The molecule has 3 aliphatic rings. The highest BCUT2D eigenvalue weighted by Gasteiger charge is 2.42. The maximum Gasteiger partial charge on any atom is 0.225 e. The molecule has 0 spiro atoms. The predicted octanol–water partition coefficient (Wildman–Crippen LogP) is 2.82. The van der Waals surface area contributed by atoms with Crippen molar-refractivity contribution in [3.63, 3.8) is 0 Å². The van der Waals surface area contributed by atoms with Crippen LogP contribution in [0.25, 0.3) is 0 Å². The van der Waals surface area contributed by atoms with Gasteiger partial charge in [-0.3, -0.25) is 9.59 Å². The second-order valence-corrected chi connectivity index (χ2v) is 8.39. The first-order valence-electron chi connectivity index (χ1n) is 9.55. The van der Waals surface area contributed by atoms with Gasteiger partial charge in [-0.05, 0) is 56.8 Å². The molecule has 2 amide bonds. The average Bonchev–Trinajstić information content (AvgIpc) is 3.17. The first-order chi connectivity index (χ1) is 11.0. The molecule has 3 rings (SSSR count). The summed E-state index contributed by atoms with van der Waals surface area (Å²) in [6.07, 6.45) is 7.10. The molecule has 1 heterocycles. The molecule has 2 saturated carbocycles. The zero-order valence-electron chi connectivity index (χ0n) is 14.9. The molecule has 0 aromatic carbocycles. The Morgan fingerprint density at radius 3 is 2.22 bits per heavy atom. The van der Waals surface area contributed by atoms with E-state index in [1.165, 1.54) is 25.7 Å². The number of nitrogens with one attached hydrogen (secondary N) is 1. The van der Waals surface area contributed by atoms with E-state index in [0.29, 0.717) is 12.0 Å². The molecule has 1 saturated heterocycles. The highest BCUT2D eigenvalue weighted by molar-refractivity contribution is 5.81. The zero-order valence-corrected chi connectivity index (χ0v) is 14.9. The lowest BCUT2D eigenvalue weighted by Crippen LogP contribution is -2.47. The second kappa shape index (κ2) is 6.82. The lowest BCUT2D eigenvalue weighted by atomic mass is 9.83. The Bertz CT molecular complexity index is 454. The van der Waals surface area contributed by atoms with Gasteiger partial charge >= 0.3 is 0 Å². The number of hydrogen-bond acceptors (Lipinski definition) is 2. The molecule has 1 N–H and O–H groups in total. The summed E-state index contributed by atoms with van der Waals surface area (Å²) in [5, 5.41) is 3.30. The third-order valence-corrected chi connectivity index (χ3v) is 6.48. The molecule has 1 aliphatic heterocycles. The highest BCUT2D eigenvalue weighted by Crippen LogP contribution is 2.49. The van der Waals surface area contributed by atoms with Gasteiger partial charge < -0.3 is 10.2 Å². The lowest BCUT2D eigenvalue weighted by molar-refractivity contribution is -0.138. The quantitative estimate of drug-likeness (QED) is 0.866. The molecule has 4 heteroatoms. The van der Waals surface area contributed by atoms with Crippen LogP contribution < -0.4 is 5.32 Å². The van der Waals surface area contributed by atoms with Crippen molar-refractivity contribution in [2.45, 2.75) is 65.3 Å². The Balaban J connectivity index is 1.45. The molecular formula is C19H32N2O2. The van der Waals surface area contributed by atoms with Gasteiger partial charge in [-0.1, -0.05) is 20.3 Å². The van der Waals surface area contributed by atoms with Crippen molar-refractivity contribution in [2.75, 3.05) is 13.1 Å².